The lowest BCUT2D eigenvalue weighted by atomic mass is 10.1. The van der Waals surface area contributed by atoms with Gasteiger partial charge in [0.05, 0.1) is 17.4 Å². The van der Waals surface area contributed by atoms with E-state index in [1.165, 1.54) is 23.9 Å². The molecule has 6 nitrogen and oxygen atoms in total. The van der Waals surface area contributed by atoms with Gasteiger partial charge in [0.2, 0.25) is 0 Å². The third kappa shape index (κ3) is 4.54. The highest BCUT2D eigenvalue weighted by Gasteiger charge is 2.22. The van der Waals surface area contributed by atoms with Gasteiger partial charge in [0.1, 0.15) is 23.9 Å². The zero-order chi connectivity index (χ0) is 20.2. The molecule has 2 heterocycles. The van der Waals surface area contributed by atoms with Crippen LogP contribution in [0.4, 0.5) is 10.1 Å². The lowest BCUT2D eigenvalue weighted by molar-refractivity contribution is 0.0746. The minimum atomic E-state index is -0.242. The Labute approximate surface area is 172 Å². The van der Waals surface area contributed by atoms with Crippen LogP contribution < -0.4 is 9.64 Å². The van der Waals surface area contributed by atoms with Crippen LogP contribution in [0, 0.1) is 12.7 Å². The second-order valence-electron chi connectivity index (χ2n) is 6.87. The van der Waals surface area contributed by atoms with Crippen LogP contribution in [-0.4, -0.2) is 45.7 Å². The maximum atomic E-state index is 13.1. The molecule has 0 atom stereocenters. The molecule has 29 heavy (non-hydrogen) atoms. The molecule has 3 aromatic rings. The number of aryl methyl sites for hydroxylation is 1. The maximum Gasteiger partial charge on any atom is 0.253 e. The molecular weight excluding hydrogens is 391 g/mol. The number of amides is 1. The van der Waals surface area contributed by atoms with Crippen LogP contribution in [0.3, 0.4) is 0 Å². The molecule has 0 saturated carbocycles. The molecule has 0 unspecified atom stereocenters. The first-order chi connectivity index (χ1) is 14.1. The number of nitrogens with zero attached hydrogens (tertiary/aromatic N) is 4. The molecule has 2 aromatic carbocycles. The smallest absolute Gasteiger partial charge is 0.253 e. The predicted octanol–water partition coefficient (Wildman–Crippen LogP) is 3.53. The fourth-order valence-corrected chi connectivity index (χ4v) is 3.78. The molecule has 1 aliphatic heterocycles. The van der Waals surface area contributed by atoms with Gasteiger partial charge in [-0.1, -0.05) is 0 Å². The molecule has 1 aliphatic rings. The number of carbonyl (C=O) groups is 1. The Hall–Kier alpha value is -3.00. The highest BCUT2D eigenvalue weighted by atomic mass is 32.1. The third-order valence-corrected chi connectivity index (χ3v) is 5.64. The number of anilines is 1. The Morgan fingerprint density at radius 2 is 1.72 bits per heavy atom. The molecule has 0 spiro atoms. The minimum Gasteiger partial charge on any atom is -0.487 e. The summed E-state index contributed by atoms with van der Waals surface area (Å²) in [6.07, 6.45) is 0. The number of hydrogen-bond acceptors (Lipinski definition) is 6. The van der Waals surface area contributed by atoms with Gasteiger partial charge in [0.25, 0.3) is 5.91 Å². The average molecular weight is 412 g/mol. The van der Waals surface area contributed by atoms with Crippen molar-refractivity contribution in [1.29, 1.82) is 0 Å². The molecule has 0 bridgehead atoms. The molecule has 8 heteroatoms. The maximum absolute atomic E-state index is 13.1. The van der Waals surface area contributed by atoms with Crippen molar-refractivity contribution in [3.05, 3.63) is 71.3 Å². The number of halogens is 1. The zero-order valence-corrected chi connectivity index (χ0v) is 16.9. The molecule has 150 valence electrons. The summed E-state index contributed by atoms with van der Waals surface area (Å²) in [4.78, 5) is 16.8. The molecule has 4 rings (SSSR count). The molecule has 0 N–H and O–H groups in total. The minimum absolute atomic E-state index is 0.00912. The van der Waals surface area contributed by atoms with E-state index in [1.807, 2.05) is 11.8 Å². The van der Waals surface area contributed by atoms with Crippen LogP contribution in [0.5, 0.6) is 5.75 Å². The van der Waals surface area contributed by atoms with Gasteiger partial charge in [-0.25, -0.2) is 4.39 Å². The molecular formula is C21H21FN4O2S. The van der Waals surface area contributed by atoms with Gasteiger partial charge in [-0.15, -0.1) is 0 Å². The van der Waals surface area contributed by atoms with Crippen molar-refractivity contribution in [2.24, 2.45) is 0 Å². The van der Waals surface area contributed by atoms with E-state index >= 15 is 0 Å². The molecule has 0 aliphatic carbocycles. The quantitative estimate of drug-likeness (QED) is 0.642. The highest BCUT2D eigenvalue weighted by Crippen LogP contribution is 2.19. The van der Waals surface area contributed by atoms with Crippen molar-refractivity contribution in [2.75, 3.05) is 31.1 Å². The van der Waals surface area contributed by atoms with Crippen LogP contribution in [0.15, 0.2) is 48.5 Å². The van der Waals surface area contributed by atoms with Crippen LogP contribution in [0.25, 0.3) is 0 Å². The lowest BCUT2D eigenvalue weighted by Gasteiger charge is -2.36. The van der Waals surface area contributed by atoms with Crippen molar-refractivity contribution < 1.29 is 13.9 Å². The first-order valence-electron chi connectivity index (χ1n) is 9.41. The lowest BCUT2D eigenvalue weighted by Crippen LogP contribution is -2.48. The summed E-state index contributed by atoms with van der Waals surface area (Å²) in [5.74, 6) is 0.457. The number of carbonyl (C=O) groups excluding carboxylic acids is 1. The van der Waals surface area contributed by atoms with Crippen molar-refractivity contribution in [3.63, 3.8) is 0 Å². The Bertz CT molecular complexity index is 967. The second-order valence-corrected chi connectivity index (χ2v) is 7.39. The summed E-state index contributed by atoms with van der Waals surface area (Å²) < 4.78 is 27.1. The van der Waals surface area contributed by atoms with E-state index < -0.39 is 0 Å². The number of rotatable bonds is 5. The van der Waals surface area contributed by atoms with Crippen molar-refractivity contribution >= 4 is 23.3 Å². The number of aromatic nitrogens is 2. The fraction of sp³-hybridized carbons (Fsp3) is 0.286. The van der Waals surface area contributed by atoms with E-state index in [0.29, 0.717) is 31.0 Å². The topological polar surface area (TPSA) is 58.6 Å². The van der Waals surface area contributed by atoms with E-state index in [2.05, 4.69) is 13.6 Å². The van der Waals surface area contributed by atoms with E-state index in [1.54, 1.807) is 36.4 Å². The summed E-state index contributed by atoms with van der Waals surface area (Å²) in [7, 11) is 0. The summed E-state index contributed by atoms with van der Waals surface area (Å²) >= 11 is 1.17. The van der Waals surface area contributed by atoms with Crippen LogP contribution in [0.1, 0.15) is 21.7 Å². The predicted molar refractivity (Wildman–Crippen MR) is 110 cm³/mol. The van der Waals surface area contributed by atoms with Gasteiger partial charge in [-0.3, -0.25) is 4.79 Å². The van der Waals surface area contributed by atoms with Crippen molar-refractivity contribution in [3.8, 4) is 5.75 Å². The van der Waals surface area contributed by atoms with Crippen molar-refractivity contribution in [1.82, 2.24) is 13.6 Å². The fourth-order valence-electron chi connectivity index (χ4n) is 3.23. The number of piperazine rings is 1. The summed E-state index contributed by atoms with van der Waals surface area (Å²) in [5.41, 5.74) is 3.32. The standard InChI is InChI=1S/C21H21FN4O2S/c1-15-20(24-29-23-15)14-28-19-8-2-16(3-9-19)21(27)26-12-10-25(11-13-26)18-6-4-17(22)5-7-18/h2-9H,10-14H2,1H3. The normalized spacial score (nSPS) is 14.1. The Balaban J connectivity index is 1.31. The second kappa shape index (κ2) is 8.57. The number of benzene rings is 2. The average Bonchev–Trinajstić information content (AvgIpc) is 3.17. The largest absolute Gasteiger partial charge is 0.487 e. The number of hydrogen-bond donors (Lipinski definition) is 0. The first-order valence-corrected chi connectivity index (χ1v) is 10.1. The van der Waals surface area contributed by atoms with Gasteiger partial charge >= 0.3 is 0 Å². The van der Waals surface area contributed by atoms with Crippen molar-refractivity contribution in [2.45, 2.75) is 13.5 Å². The Kier molecular flexibility index (Phi) is 5.71. The first kappa shape index (κ1) is 19.3. The van der Waals surface area contributed by atoms with E-state index in [9.17, 15) is 9.18 Å². The van der Waals surface area contributed by atoms with Crippen LogP contribution in [-0.2, 0) is 6.61 Å². The Morgan fingerprint density at radius 1 is 1.03 bits per heavy atom. The molecule has 0 radical (unpaired) electrons. The summed E-state index contributed by atoms with van der Waals surface area (Å²) in [6, 6.07) is 13.6. The molecule has 1 amide bonds. The molecule has 1 saturated heterocycles. The zero-order valence-electron chi connectivity index (χ0n) is 16.0. The third-order valence-electron chi connectivity index (χ3n) is 4.98. The summed E-state index contributed by atoms with van der Waals surface area (Å²) in [5, 5.41) is 0. The SMILES string of the molecule is Cc1nsnc1COc1ccc(C(=O)N2CCN(c3ccc(F)cc3)CC2)cc1. The van der Waals surface area contributed by atoms with E-state index in [-0.39, 0.29) is 11.7 Å². The number of ether oxygens (including phenoxy) is 1. The van der Waals surface area contributed by atoms with Crippen LogP contribution in [0.2, 0.25) is 0 Å². The van der Waals surface area contributed by atoms with E-state index in [4.69, 9.17) is 4.74 Å². The van der Waals surface area contributed by atoms with Gasteiger partial charge in [0.15, 0.2) is 0 Å². The molecule has 1 aromatic heterocycles. The van der Waals surface area contributed by atoms with Gasteiger partial charge < -0.3 is 14.5 Å². The van der Waals surface area contributed by atoms with Crippen LogP contribution >= 0.6 is 11.7 Å². The van der Waals surface area contributed by atoms with Gasteiger partial charge in [-0.2, -0.15) is 8.75 Å². The van der Waals surface area contributed by atoms with Gasteiger partial charge in [0, 0.05) is 37.4 Å². The van der Waals surface area contributed by atoms with E-state index in [0.717, 1.165) is 30.2 Å². The van der Waals surface area contributed by atoms with Gasteiger partial charge in [-0.05, 0) is 55.5 Å². The highest BCUT2D eigenvalue weighted by molar-refractivity contribution is 6.99. The monoisotopic (exact) mass is 412 g/mol. The Morgan fingerprint density at radius 3 is 2.34 bits per heavy atom. The summed E-state index contributed by atoms with van der Waals surface area (Å²) in [6.45, 7) is 4.97. The molecule has 1 fully saturated rings.